The Kier molecular flexibility index (Phi) is 5.90. The number of azo groups is 1. The molecule has 8 heteroatoms. The minimum Gasteiger partial charge on any atom is -0.497 e. The molecule has 3 aromatic carbocycles. The molecule has 7 nitrogen and oxygen atoms in total. The summed E-state index contributed by atoms with van der Waals surface area (Å²) < 4.78 is 38.7. The van der Waals surface area contributed by atoms with E-state index in [1.807, 2.05) is 18.2 Å². The van der Waals surface area contributed by atoms with Gasteiger partial charge in [0, 0.05) is 6.07 Å². The maximum atomic E-state index is 12.9. The van der Waals surface area contributed by atoms with Crippen molar-refractivity contribution in [3.63, 3.8) is 0 Å². The van der Waals surface area contributed by atoms with E-state index in [2.05, 4.69) is 15.0 Å². The topological polar surface area (TPSA) is 89.3 Å². The summed E-state index contributed by atoms with van der Waals surface area (Å²) in [5, 5.41) is 8.23. The second kappa shape index (κ2) is 8.53. The Morgan fingerprint density at radius 3 is 2.25 bits per heavy atom. The molecule has 0 unspecified atom stereocenters. The van der Waals surface area contributed by atoms with Crippen molar-refractivity contribution in [2.24, 2.45) is 10.2 Å². The Morgan fingerprint density at radius 2 is 1.54 bits per heavy atom. The van der Waals surface area contributed by atoms with Crippen LogP contribution in [0.4, 0.5) is 17.1 Å². The van der Waals surface area contributed by atoms with Crippen LogP contribution < -0.4 is 14.2 Å². The van der Waals surface area contributed by atoms with Gasteiger partial charge in [-0.1, -0.05) is 24.3 Å². The summed E-state index contributed by atoms with van der Waals surface area (Å²) in [4.78, 5) is -0.0395. The van der Waals surface area contributed by atoms with Crippen LogP contribution in [0.25, 0.3) is 0 Å². The lowest BCUT2D eigenvalue weighted by Crippen LogP contribution is -2.14. The molecule has 3 aromatic rings. The van der Waals surface area contributed by atoms with Gasteiger partial charge in [0.2, 0.25) is 0 Å². The number of anilines is 1. The highest BCUT2D eigenvalue weighted by Crippen LogP contribution is 2.31. The van der Waals surface area contributed by atoms with Gasteiger partial charge < -0.3 is 9.47 Å². The van der Waals surface area contributed by atoms with Crippen LogP contribution in [0.15, 0.2) is 87.9 Å². The van der Waals surface area contributed by atoms with Gasteiger partial charge >= 0.3 is 0 Å². The molecule has 0 radical (unpaired) electrons. The van der Waals surface area contributed by atoms with Gasteiger partial charge in [0.1, 0.15) is 16.4 Å². The van der Waals surface area contributed by atoms with E-state index < -0.39 is 10.0 Å². The van der Waals surface area contributed by atoms with E-state index in [4.69, 9.17) is 9.47 Å². The number of ether oxygens (including phenoxy) is 2. The molecule has 3 rings (SSSR count). The van der Waals surface area contributed by atoms with Crippen LogP contribution in [-0.4, -0.2) is 22.6 Å². The van der Waals surface area contributed by atoms with Crippen LogP contribution in [0.2, 0.25) is 0 Å². The molecule has 0 bridgehead atoms. The number of hydrogen-bond acceptors (Lipinski definition) is 6. The quantitative estimate of drug-likeness (QED) is 0.573. The molecule has 0 atom stereocenters. The molecule has 0 aromatic heterocycles. The zero-order valence-electron chi connectivity index (χ0n) is 15.4. The molecule has 0 saturated heterocycles. The molecule has 28 heavy (non-hydrogen) atoms. The summed E-state index contributed by atoms with van der Waals surface area (Å²) in [6.45, 7) is 0. The molecule has 0 heterocycles. The number of nitrogens with zero attached hydrogens (tertiary/aromatic N) is 2. The lowest BCUT2D eigenvalue weighted by atomic mass is 10.3. The molecular weight excluding hydrogens is 378 g/mol. The van der Waals surface area contributed by atoms with E-state index in [1.165, 1.54) is 20.3 Å². The zero-order chi connectivity index (χ0) is 20.0. The average Bonchev–Trinajstić information content (AvgIpc) is 2.72. The maximum Gasteiger partial charge on any atom is 0.265 e. The van der Waals surface area contributed by atoms with Crippen LogP contribution >= 0.6 is 0 Å². The second-order valence-electron chi connectivity index (χ2n) is 5.71. The van der Waals surface area contributed by atoms with Gasteiger partial charge in [0.25, 0.3) is 10.0 Å². The molecule has 0 aliphatic carbocycles. The fraction of sp³-hybridized carbons (Fsp3) is 0.100. The van der Waals surface area contributed by atoms with Crippen molar-refractivity contribution in [1.82, 2.24) is 0 Å². The second-order valence-corrected chi connectivity index (χ2v) is 7.36. The van der Waals surface area contributed by atoms with Gasteiger partial charge in [-0.05, 0) is 42.5 Å². The molecule has 144 valence electrons. The van der Waals surface area contributed by atoms with E-state index in [1.54, 1.807) is 48.5 Å². The van der Waals surface area contributed by atoms with Gasteiger partial charge in [0.05, 0.1) is 31.3 Å². The van der Waals surface area contributed by atoms with Crippen molar-refractivity contribution in [1.29, 1.82) is 0 Å². The molecule has 0 saturated carbocycles. The average molecular weight is 397 g/mol. The van der Waals surface area contributed by atoms with Crippen LogP contribution in [0, 0.1) is 0 Å². The summed E-state index contributed by atoms with van der Waals surface area (Å²) in [7, 11) is -0.999. The zero-order valence-corrected chi connectivity index (χ0v) is 16.2. The SMILES string of the molecule is COc1cccc(NS(=O)(=O)c2cc(N=Nc3ccccc3)ccc2OC)c1. The van der Waals surface area contributed by atoms with Crippen LogP contribution in [0.5, 0.6) is 11.5 Å². The van der Waals surface area contributed by atoms with E-state index in [0.717, 1.165) is 0 Å². The van der Waals surface area contributed by atoms with Crippen molar-refractivity contribution in [2.75, 3.05) is 18.9 Å². The van der Waals surface area contributed by atoms with E-state index in [9.17, 15) is 8.42 Å². The van der Waals surface area contributed by atoms with Crippen molar-refractivity contribution in [2.45, 2.75) is 4.90 Å². The number of rotatable bonds is 7. The molecule has 1 N–H and O–H groups in total. The first-order valence-corrected chi connectivity index (χ1v) is 9.82. The largest absolute Gasteiger partial charge is 0.497 e. The summed E-state index contributed by atoms with van der Waals surface area (Å²) in [6.07, 6.45) is 0. The number of sulfonamides is 1. The van der Waals surface area contributed by atoms with Crippen molar-refractivity contribution in [3.8, 4) is 11.5 Å². The number of hydrogen-bond donors (Lipinski definition) is 1. The lowest BCUT2D eigenvalue weighted by Gasteiger charge is -2.12. The highest BCUT2D eigenvalue weighted by atomic mass is 32.2. The molecule has 0 aliphatic heterocycles. The Balaban J connectivity index is 1.93. The van der Waals surface area contributed by atoms with E-state index >= 15 is 0 Å². The predicted octanol–water partition coefficient (Wildman–Crippen LogP) is 4.92. The normalized spacial score (nSPS) is 11.4. The Labute approximate surface area is 163 Å². The van der Waals surface area contributed by atoms with Gasteiger partial charge in [-0.15, -0.1) is 0 Å². The highest BCUT2D eigenvalue weighted by Gasteiger charge is 2.20. The van der Waals surface area contributed by atoms with Crippen molar-refractivity contribution < 1.29 is 17.9 Å². The number of benzene rings is 3. The Bertz CT molecular complexity index is 1080. The Morgan fingerprint density at radius 1 is 0.786 bits per heavy atom. The third-order valence-corrected chi connectivity index (χ3v) is 5.20. The summed E-state index contributed by atoms with van der Waals surface area (Å²) >= 11 is 0. The summed E-state index contributed by atoms with van der Waals surface area (Å²) in [5.74, 6) is 0.742. The summed E-state index contributed by atoms with van der Waals surface area (Å²) in [6, 6.07) is 20.4. The standard InChI is InChI=1S/C20H19N3O4S/c1-26-18-10-6-9-17(13-18)23-28(24,25)20-14-16(11-12-19(20)27-2)22-21-15-7-4-3-5-8-15/h3-14,23H,1-2H3. The van der Waals surface area contributed by atoms with Gasteiger partial charge in [-0.2, -0.15) is 10.2 Å². The predicted molar refractivity (Wildman–Crippen MR) is 107 cm³/mol. The third kappa shape index (κ3) is 4.66. The minimum atomic E-state index is -3.92. The van der Waals surface area contributed by atoms with Gasteiger partial charge in [-0.3, -0.25) is 4.72 Å². The van der Waals surface area contributed by atoms with E-state index in [-0.39, 0.29) is 10.6 Å². The third-order valence-electron chi connectivity index (χ3n) is 3.80. The number of methoxy groups -OCH3 is 2. The fourth-order valence-electron chi connectivity index (χ4n) is 2.44. The Hall–Kier alpha value is -3.39. The smallest absolute Gasteiger partial charge is 0.265 e. The van der Waals surface area contributed by atoms with Gasteiger partial charge in [-0.25, -0.2) is 8.42 Å². The fourth-order valence-corrected chi connectivity index (χ4v) is 3.68. The van der Waals surface area contributed by atoms with Crippen LogP contribution in [0.3, 0.4) is 0 Å². The maximum absolute atomic E-state index is 12.9. The molecule has 0 spiro atoms. The molecule has 0 amide bonds. The minimum absolute atomic E-state index is 0.0395. The van der Waals surface area contributed by atoms with Crippen molar-refractivity contribution in [3.05, 3.63) is 72.8 Å². The monoisotopic (exact) mass is 397 g/mol. The van der Waals surface area contributed by atoms with Crippen LogP contribution in [-0.2, 0) is 10.0 Å². The summed E-state index contributed by atoms with van der Waals surface area (Å²) in [5.41, 5.74) is 1.42. The molecule has 0 fully saturated rings. The first-order valence-electron chi connectivity index (χ1n) is 8.33. The molecule has 0 aliphatic rings. The van der Waals surface area contributed by atoms with Crippen LogP contribution in [0.1, 0.15) is 0 Å². The first-order chi connectivity index (χ1) is 13.5. The molecular formula is C20H19N3O4S. The van der Waals surface area contributed by atoms with E-state index in [0.29, 0.717) is 22.8 Å². The number of nitrogens with one attached hydrogen (secondary N) is 1. The van der Waals surface area contributed by atoms with Crippen molar-refractivity contribution >= 4 is 27.1 Å². The van der Waals surface area contributed by atoms with Gasteiger partial charge in [0.15, 0.2) is 0 Å². The highest BCUT2D eigenvalue weighted by molar-refractivity contribution is 7.92. The first kappa shape index (κ1) is 19.4. The lowest BCUT2D eigenvalue weighted by molar-refractivity contribution is 0.403.